The van der Waals surface area contributed by atoms with Crippen LogP contribution in [0.25, 0.3) is 0 Å². The van der Waals surface area contributed by atoms with Gasteiger partial charge in [0, 0.05) is 18.3 Å². The van der Waals surface area contributed by atoms with Gasteiger partial charge in [-0.1, -0.05) is 64.9 Å². The van der Waals surface area contributed by atoms with E-state index in [1.54, 1.807) is 18.3 Å². The standard InChI is InChI=1S/C19H25Cl4NO3/c1-2-3-9-24-27-11-7-5-4-6-10-26-19-16(20)13-15(14-17(19)21)25-12-8-18(22)23/h8-9,13-14H,2-7,10-12H2,1H3. The third-order valence-electron chi connectivity index (χ3n) is 3.40. The summed E-state index contributed by atoms with van der Waals surface area (Å²) < 4.78 is 11.3. The summed E-state index contributed by atoms with van der Waals surface area (Å²) in [5, 5.41) is 4.68. The van der Waals surface area contributed by atoms with Crippen molar-refractivity contribution in [3.05, 3.63) is 32.7 Å². The van der Waals surface area contributed by atoms with Gasteiger partial charge < -0.3 is 14.3 Å². The van der Waals surface area contributed by atoms with Crippen LogP contribution >= 0.6 is 46.4 Å². The molecular formula is C19H25Cl4NO3. The molecule has 0 unspecified atom stereocenters. The average molecular weight is 457 g/mol. The number of hydrogen-bond donors (Lipinski definition) is 0. The van der Waals surface area contributed by atoms with E-state index in [4.69, 9.17) is 60.7 Å². The average Bonchev–Trinajstić information content (AvgIpc) is 2.61. The van der Waals surface area contributed by atoms with E-state index in [-0.39, 0.29) is 11.1 Å². The quantitative estimate of drug-likeness (QED) is 0.166. The predicted octanol–water partition coefficient (Wildman–Crippen LogP) is 7.43. The number of hydrogen-bond acceptors (Lipinski definition) is 4. The Morgan fingerprint density at radius 1 is 1.00 bits per heavy atom. The van der Waals surface area contributed by atoms with Crippen LogP contribution in [0.2, 0.25) is 10.0 Å². The normalized spacial score (nSPS) is 10.9. The minimum absolute atomic E-state index is 0.142. The summed E-state index contributed by atoms with van der Waals surface area (Å²) in [5.41, 5.74) is 0. The van der Waals surface area contributed by atoms with Gasteiger partial charge in [-0.25, -0.2) is 0 Å². The Balaban J connectivity index is 2.23. The maximum atomic E-state index is 6.22. The number of nitrogens with zero attached hydrogens (tertiary/aromatic N) is 1. The van der Waals surface area contributed by atoms with Crippen LogP contribution in [-0.4, -0.2) is 26.0 Å². The van der Waals surface area contributed by atoms with Gasteiger partial charge in [0.1, 0.15) is 23.5 Å². The molecular weight excluding hydrogens is 432 g/mol. The number of ether oxygens (including phenoxy) is 2. The molecule has 0 saturated carbocycles. The second-order valence-electron chi connectivity index (χ2n) is 5.69. The summed E-state index contributed by atoms with van der Waals surface area (Å²) in [7, 11) is 0. The summed E-state index contributed by atoms with van der Waals surface area (Å²) in [4.78, 5) is 5.17. The summed E-state index contributed by atoms with van der Waals surface area (Å²) >= 11 is 23.5. The van der Waals surface area contributed by atoms with E-state index in [1.807, 2.05) is 0 Å². The smallest absolute Gasteiger partial charge is 0.156 e. The van der Waals surface area contributed by atoms with E-state index in [0.717, 1.165) is 38.5 Å². The molecule has 0 fully saturated rings. The van der Waals surface area contributed by atoms with Crippen molar-refractivity contribution in [3.8, 4) is 11.5 Å². The molecule has 0 aliphatic rings. The molecule has 152 valence electrons. The summed E-state index contributed by atoms with van der Waals surface area (Å²) in [6.07, 6.45) is 9.33. The molecule has 0 spiro atoms. The van der Waals surface area contributed by atoms with E-state index in [1.165, 1.54) is 6.08 Å². The Hall–Kier alpha value is -0.810. The molecule has 8 heteroatoms. The Morgan fingerprint density at radius 3 is 2.30 bits per heavy atom. The van der Waals surface area contributed by atoms with Crippen LogP contribution < -0.4 is 9.47 Å². The molecule has 0 bridgehead atoms. The van der Waals surface area contributed by atoms with Crippen LogP contribution in [0.4, 0.5) is 0 Å². The van der Waals surface area contributed by atoms with Crippen molar-refractivity contribution in [2.75, 3.05) is 19.8 Å². The van der Waals surface area contributed by atoms with Crippen molar-refractivity contribution in [3.63, 3.8) is 0 Å². The highest BCUT2D eigenvalue weighted by molar-refractivity contribution is 6.55. The number of benzene rings is 1. The molecule has 0 N–H and O–H groups in total. The Kier molecular flexibility index (Phi) is 13.6. The van der Waals surface area contributed by atoms with Gasteiger partial charge in [0.25, 0.3) is 0 Å². The summed E-state index contributed by atoms with van der Waals surface area (Å²) in [5.74, 6) is 0.981. The van der Waals surface area contributed by atoms with Gasteiger partial charge in [-0.2, -0.15) is 0 Å². The highest BCUT2D eigenvalue weighted by Gasteiger charge is 2.10. The van der Waals surface area contributed by atoms with Crippen LogP contribution in [-0.2, 0) is 4.84 Å². The molecule has 1 rings (SSSR count). The van der Waals surface area contributed by atoms with E-state index in [2.05, 4.69) is 12.1 Å². The lowest BCUT2D eigenvalue weighted by Gasteiger charge is -2.12. The van der Waals surface area contributed by atoms with Crippen molar-refractivity contribution in [1.82, 2.24) is 0 Å². The second-order valence-corrected chi connectivity index (χ2v) is 7.52. The molecule has 0 amide bonds. The summed E-state index contributed by atoms with van der Waals surface area (Å²) in [6, 6.07) is 3.30. The highest BCUT2D eigenvalue weighted by atomic mass is 35.5. The predicted molar refractivity (Wildman–Crippen MR) is 115 cm³/mol. The SMILES string of the molecule is CCCC=NOCCCCCCOc1c(Cl)cc(OCC=C(Cl)Cl)cc1Cl. The zero-order chi connectivity index (χ0) is 19.9. The molecule has 0 aliphatic carbocycles. The molecule has 0 heterocycles. The maximum Gasteiger partial charge on any atom is 0.156 e. The number of halogens is 4. The first-order chi connectivity index (χ1) is 13.0. The monoisotopic (exact) mass is 455 g/mol. The second kappa shape index (κ2) is 15.2. The highest BCUT2D eigenvalue weighted by Crippen LogP contribution is 2.37. The van der Waals surface area contributed by atoms with Crippen LogP contribution in [0.1, 0.15) is 45.4 Å². The van der Waals surface area contributed by atoms with Gasteiger partial charge in [-0.15, -0.1) is 0 Å². The Bertz CT molecular complexity index is 582. The van der Waals surface area contributed by atoms with Gasteiger partial charge in [0.2, 0.25) is 0 Å². The lowest BCUT2D eigenvalue weighted by molar-refractivity contribution is 0.140. The number of oxime groups is 1. The first kappa shape index (κ1) is 24.2. The lowest BCUT2D eigenvalue weighted by Crippen LogP contribution is -2.00. The van der Waals surface area contributed by atoms with E-state index < -0.39 is 0 Å². The van der Waals surface area contributed by atoms with Crippen molar-refractivity contribution < 1.29 is 14.3 Å². The van der Waals surface area contributed by atoms with Crippen LogP contribution in [0.15, 0.2) is 27.9 Å². The third kappa shape index (κ3) is 11.6. The zero-order valence-electron chi connectivity index (χ0n) is 15.4. The van der Waals surface area contributed by atoms with Crippen molar-refractivity contribution in [2.45, 2.75) is 45.4 Å². The fraction of sp³-hybridized carbons (Fsp3) is 0.526. The van der Waals surface area contributed by atoms with Crippen molar-refractivity contribution in [2.24, 2.45) is 5.16 Å². The topological polar surface area (TPSA) is 40.0 Å². The van der Waals surface area contributed by atoms with Crippen LogP contribution in [0, 0.1) is 0 Å². The first-order valence-electron chi connectivity index (χ1n) is 8.94. The Morgan fingerprint density at radius 2 is 1.67 bits per heavy atom. The van der Waals surface area contributed by atoms with Crippen molar-refractivity contribution >= 4 is 52.6 Å². The van der Waals surface area contributed by atoms with Gasteiger partial charge in [-0.3, -0.25) is 0 Å². The van der Waals surface area contributed by atoms with Gasteiger partial charge in [0.15, 0.2) is 5.75 Å². The van der Waals surface area contributed by atoms with E-state index in [0.29, 0.717) is 34.8 Å². The number of rotatable bonds is 14. The molecule has 4 nitrogen and oxygen atoms in total. The van der Waals surface area contributed by atoms with Crippen LogP contribution in [0.5, 0.6) is 11.5 Å². The molecule has 0 atom stereocenters. The maximum absolute atomic E-state index is 6.22. The molecule has 27 heavy (non-hydrogen) atoms. The molecule has 1 aromatic rings. The van der Waals surface area contributed by atoms with E-state index in [9.17, 15) is 0 Å². The fourth-order valence-electron chi connectivity index (χ4n) is 2.04. The molecule has 1 aromatic carbocycles. The fourth-order valence-corrected chi connectivity index (χ4v) is 2.74. The molecule has 0 aliphatic heterocycles. The van der Waals surface area contributed by atoms with Gasteiger partial charge in [-0.05, 0) is 38.2 Å². The molecule has 0 radical (unpaired) electrons. The van der Waals surface area contributed by atoms with E-state index >= 15 is 0 Å². The Labute approximate surface area is 181 Å². The molecule has 0 aromatic heterocycles. The van der Waals surface area contributed by atoms with Crippen LogP contribution in [0.3, 0.4) is 0 Å². The first-order valence-corrected chi connectivity index (χ1v) is 10.4. The number of unbranched alkanes of at least 4 members (excludes halogenated alkanes) is 4. The lowest BCUT2D eigenvalue weighted by atomic mass is 10.2. The van der Waals surface area contributed by atoms with Gasteiger partial charge in [0.05, 0.1) is 16.7 Å². The van der Waals surface area contributed by atoms with Gasteiger partial charge >= 0.3 is 0 Å². The third-order valence-corrected chi connectivity index (χ3v) is 4.27. The minimum atomic E-state index is 0.142. The minimum Gasteiger partial charge on any atom is -0.490 e. The summed E-state index contributed by atoms with van der Waals surface area (Å²) in [6.45, 7) is 3.51. The molecule has 0 saturated heterocycles. The largest absolute Gasteiger partial charge is 0.490 e. The van der Waals surface area contributed by atoms with Crippen molar-refractivity contribution in [1.29, 1.82) is 0 Å². The zero-order valence-corrected chi connectivity index (χ0v) is 18.4.